The van der Waals surface area contributed by atoms with E-state index >= 15 is 0 Å². The van der Waals surface area contributed by atoms with E-state index in [1.165, 1.54) is 76.9 Å². The van der Waals surface area contributed by atoms with Crippen molar-refractivity contribution in [2.75, 3.05) is 4.90 Å². The zero-order chi connectivity index (χ0) is 35.3. The van der Waals surface area contributed by atoms with Crippen molar-refractivity contribution in [3.05, 3.63) is 198 Å². The lowest BCUT2D eigenvalue weighted by Crippen LogP contribution is -2.26. The first-order valence-corrected chi connectivity index (χ1v) is 18.8. The van der Waals surface area contributed by atoms with Gasteiger partial charge < -0.3 is 9.47 Å². The predicted molar refractivity (Wildman–Crippen MR) is 225 cm³/mol. The van der Waals surface area contributed by atoms with Gasteiger partial charge in [-0.15, -0.1) is 0 Å². The largest absolute Gasteiger partial charge is 0.310 e. The van der Waals surface area contributed by atoms with Gasteiger partial charge in [-0.2, -0.15) is 0 Å². The highest BCUT2D eigenvalue weighted by molar-refractivity contribution is 5.97. The molecule has 0 amide bonds. The van der Waals surface area contributed by atoms with Crippen molar-refractivity contribution in [2.24, 2.45) is 0 Å². The van der Waals surface area contributed by atoms with Crippen LogP contribution in [-0.4, -0.2) is 4.57 Å². The first-order valence-electron chi connectivity index (χ1n) is 18.8. The van der Waals surface area contributed by atoms with Crippen LogP contribution in [0.1, 0.15) is 47.7 Å². The SMILES string of the molecule is CC1(C)c2ccccc2-n2c3c(c4cccc1c42)CC(c1ccc2cc(N(c4ccc5ccccc5c4)c4ccc5ccccc5c4)ccc2c1)C=C3. The number of fused-ring (bicyclic) bond motifs is 8. The molecule has 11 rings (SSSR count). The van der Waals surface area contributed by atoms with Crippen LogP contribution in [0.3, 0.4) is 0 Å². The summed E-state index contributed by atoms with van der Waals surface area (Å²) < 4.78 is 2.53. The molecule has 1 aliphatic heterocycles. The topological polar surface area (TPSA) is 8.17 Å². The molecule has 1 aliphatic carbocycles. The smallest absolute Gasteiger partial charge is 0.0578 e. The molecule has 0 fully saturated rings. The van der Waals surface area contributed by atoms with Gasteiger partial charge in [-0.1, -0.05) is 141 Å². The average molecular weight is 679 g/mol. The highest BCUT2D eigenvalue weighted by Crippen LogP contribution is 2.49. The maximum Gasteiger partial charge on any atom is 0.0578 e. The van der Waals surface area contributed by atoms with E-state index in [0.29, 0.717) is 5.92 Å². The van der Waals surface area contributed by atoms with E-state index < -0.39 is 0 Å². The number of allylic oxidation sites excluding steroid dienone is 1. The van der Waals surface area contributed by atoms with Crippen LogP contribution in [0.25, 0.3) is 55.0 Å². The third kappa shape index (κ3) is 4.58. The number of benzene rings is 8. The van der Waals surface area contributed by atoms with Gasteiger partial charge in [0.2, 0.25) is 0 Å². The van der Waals surface area contributed by atoms with Crippen molar-refractivity contribution in [1.82, 2.24) is 4.57 Å². The Morgan fingerprint density at radius 1 is 0.528 bits per heavy atom. The molecule has 9 aromatic rings. The molecule has 2 heterocycles. The summed E-state index contributed by atoms with van der Waals surface area (Å²) in [7, 11) is 0. The third-order valence-electron chi connectivity index (χ3n) is 12.1. The van der Waals surface area contributed by atoms with Gasteiger partial charge >= 0.3 is 0 Å². The Labute approximate surface area is 309 Å². The Balaban J connectivity index is 0.987. The first kappa shape index (κ1) is 30.3. The second-order valence-electron chi connectivity index (χ2n) is 15.4. The molecule has 2 aliphatic rings. The van der Waals surface area contributed by atoms with Crippen molar-refractivity contribution in [3.8, 4) is 5.69 Å². The molecule has 2 nitrogen and oxygen atoms in total. The van der Waals surface area contributed by atoms with Gasteiger partial charge in [-0.25, -0.2) is 0 Å². The Morgan fingerprint density at radius 3 is 1.77 bits per heavy atom. The van der Waals surface area contributed by atoms with E-state index in [0.717, 1.165) is 23.5 Å². The van der Waals surface area contributed by atoms with Crippen molar-refractivity contribution < 1.29 is 0 Å². The molecule has 0 bridgehead atoms. The Kier molecular flexibility index (Phi) is 6.46. The highest BCUT2D eigenvalue weighted by Gasteiger charge is 2.36. The van der Waals surface area contributed by atoms with Gasteiger partial charge in [-0.3, -0.25) is 0 Å². The molecule has 1 aromatic heterocycles. The first-order chi connectivity index (χ1) is 26.0. The number of hydrogen-bond donors (Lipinski definition) is 0. The minimum Gasteiger partial charge on any atom is -0.310 e. The molecule has 2 heteroatoms. The van der Waals surface area contributed by atoms with E-state index in [2.05, 4.69) is 199 Å². The summed E-state index contributed by atoms with van der Waals surface area (Å²) in [5.41, 5.74) is 13.0. The van der Waals surface area contributed by atoms with E-state index in [1.54, 1.807) is 0 Å². The lowest BCUT2D eigenvalue weighted by molar-refractivity contribution is 0.628. The minimum absolute atomic E-state index is 0.0501. The van der Waals surface area contributed by atoms with Gasteiger partial charge in [-0.05, 0) is 110 Å². The van der Waals surface area contributed by atoms with Crippen molar-refractivity contribution in [3.63, 3.8) is 0 Å². The summed E-state index contributed by atoms with van der Waals surface area (Å²) in [5, 5.41) is 8.86. The van der Waals surface area contributed by atoms with E-state index in [4.69, 9.17) is 0 Å². The molecule has 0 radical (unpaired) electrons. The van der Waals surface area contributed by atoms with Gasteiger partial charge in [0.1, 0.15) is 0 Å². The molecule has 1 atom stereocenters. The summed E-state index contributed by atoms with van der Waals surface area (Å²) >= 11 is 0. The third-order valence-corrected chi connectivity index (χ3v) is 12.1. The van der Waals surface area contributed by atoms with Crippen LogP contribution in [0.2, 0.25) is 0 Å². The minimum atomic E-state index is -0.0501. The molecule has 53 heavy (non-hydrogen) atoms. The lowest BCUT2D eigenvalue weighted by Gasteiger charge is -2.34. The summed E-state index contributed by atoms with van der Waals surface area (Å²) in [6.07, 6.45) is 5.81. The molecule has 252 valence electrons. The summed E-state index contributed by atoms with van der Waals surface area (Å²) in [6.45, 7) is 4.75. The van der Waals surface area contributed by atoms with Gasteiger partial charge in [0.15, 0.2) is 0 Å². The molecule has 0 spiro atoms. The Bertz CT molecular complexity index is 2900. The molecule has 0 N–H and O–H groups in total. The molecule has 0 saturated heterocycles. The monoisotopic (exact) mass is 678 g/mol. The fraction of sp³-hybridized carbons (Fsp3) is 0.0980. The van der Waals surface area contributed by atoms with Crippen molar-refractivity contribution in [1.29, 1.82) is 0 Å². The highest BCUT2D eigenvalue weighted by atomic mass is 15.1. The van der Waals surface area contributed by atoms with Crippen LogP contribution in [-0.2, 0) is 11.8 Å². The standard InChI is InChI=1S/C51H38N2/c1-51(2)46-15-7-8-17-49(46)53-48-27-23-40(32-45(48)44-14-9-16-47(51)50(44)53)37-18-19-39-31-43(26-22-38(39)28-37)52(41-24-20-33-10-3-5-12-35(33)29-41)42-25-21-34-11-4-6-13-36(34)30-42/h3-31,40H,32H2,1-2H3. The van der Waals surface area contributed by atoms with Gasteiger partial charge in [0.05, 0.1) is 11.2 Å². The van der Waals surface area contributed by atoms with Crippen LogP contribution in [0.15, 0.2) is 170 Å². The molecular formula is C51H38N2. The number of rotatable bonds is 4. The normalized spacial score (nSPS) is 15.5. The summed E-state index contributed by atoms with van der Waals surface area (Å²) in [4.78, 5) is 2.40. The van der Waals surface area contributed by atoms with E-state index in [-0.39, 0.29) is 5.41 Å². The second kappa shape index (κ2) is 11.3. The zero-order valence-electron chi connectivity index (χ0n) is 29.9. The molecule has 8 aromatic carbocycles. The van der Waals surface area contributed by atoms with Crippen LogP contribution in [0.4, 0.5) is 17.1 Å². The van der Waals surface area contributed by atoms with Crippen LogP contribution in [0.5, 0.6) is 0 Å². The van der Waals surface area contributed by atoms with Gasteiger partial charge in [0.25, 0.3) is 0 Å². The predicted octanol–water partition coefficient (Wildman–Crippen LogP) is 13.6. The van der Waals surface area contributed by atoms with Crippen LogP contribution < -0.4 is 4.90 Å². The number of hydrogen-bond acceptors (Lipinski definition) is 1. The summed E-state index contributed by atoms with van der Waals surface area (Å²) in [6, 6.07) is 60.7. The van der Waals surface area contributed by atoms with E-state index in [1.807, 2.05) is 0 Å². The number of nitrogens with zero attached hydrogens (tertiary/aromatic N) is 2. The zero-order valence-corrected chi connectivity index (χ0v) is 29.9. The fourth-order valence-electron chi connectivity index (χ4n) is 9.33. The lowest BCUT2D eigenvalue weighted by atomic mass is 9.74. The fourth-order valence-corrected chi connectivity index (χ4v) is 9.33. The Hall–Kier alpha value is -6.38. The van der Waals surface area contributed by atoms with Crippen molar-refractivity contribution in [2.45, 2.75) is 31.6 Å². The number of aromatic nitrogens is 1. The average Bonchev–Trinajstić information content (AvgIpc) is 3.54. The second-order valence-corrected chi connectivity index (χ2v) is 15.4. The molecule has 0 saturated carbocycles. The van der Waals surface area contributed by atoms with Crippen LogP contribution in [0, 0.1) is 0 Å². The van der Waals surface area contributed by atoms with E-state index in [9.17, 15) is 0 Å². The number of anilines is 3. The summed E-state index contributed by atoms with van der Waals surface area (Å²) in [5.74, 6) is 0.310. The molecular weight excluding hydrogens is 641 g/mol. The number of para-hydroxylation sites is 2. The maximum atomic E-state index is 2.53. The van der Waals surface area contributed by atoms with Crippen molar-refractivity contribution >= 4 is 66.4 Å². The maximum absolute atomic E-state index is 2.53. The van der Waals surface area contributed by atoms with Gasteiger partial charge in [0, 0.05) is 39.5 Å². The quantitative estimate of drug-likeness (QED) is 0.180. The Morgan fingerprint density at radius 2 is 1.08 bits per heavy atom. The van der Waals surface area contributed by atoms with Crippen LogP contribution >= 0.6 is 0 Å². The molecule has 1 unspecified atom stereocenters.